The molecule has 1 aromatic rings. The fourth-order valence-electron chi connectivity index (χ4n) is 2.08. The monoisotopic (exact) mass is 193 g/mol. The number of rotatable bonds is 4. The largest absolute Gasteiger partial charge is 0.316 e. The highest BCUT2D eigenvalue weighted by molar-refractivity contribution is 5.11. The Morgan fingerprint density at radius 3 is 2.79 bits per heavy atom. The van der Waals surface area contributed by atoms with Crippen LogP contribution in [0.15, 0.2) is 6.07 Å². The van der Waals surface area contributed by atoms with Crippen LogP contribution in [-0.4, -0.2) is 22.9 Å². The minimum Gasteiger partial charge on any atom is -0.316 e. The van der Waals surface area contributed by atoms with E-state index in [4.69, 9.17) is 0 Å². The van der Waals surface area contributed by atoms with E-state index in [9.17, 15) is 0 Å². The van der Waals surface area contributed by atoms with Crippen LogP contribution in [0.3, 0.4) is 0 Å². The van der Waals surface area contributed by atoms with Crippen molar-refractivity contribution in [3.63, 3.8) is 0 Å². The van der Waals surface area contributed by atoms with Gasteiger partial charge in [0.25, 0.3) is 0 Å². The number of aromatic nitrogens is 2. The van der Waals surface area contributed by atoms with E-state index in [0.717, 1.165) is 18.0 Å². The molecule has 1 fully saturated rings. The number of nitrogens with one attached hydrogen (secondary N) is 1. The van der Waals surface area contributed by atoms with Crippen molar-refractivity contribution < 1.29 is 0 Å². The summed E-state index contributed by atoms with van der Waals surface area (Å²) in [6.07, 6.45) is 3.89. The van der Waals surface area contributed by atoms with E-state index in [1.54, 1.807) is 0 Å². The maximum absolute atomic E-state index is 4.37. The van der Waals surface area contributed by atoms with Gasteiger partial charge in [0.15, 0.2) is 0 Å². The molecule has 1 unspecified atom stereocenters. The number of nitrogens with zero attached hydrogens (tertiary/aromatic N) is 2. The van der Waals surface area contributed by atoms with Gasteiger partial charge in [0.1, 0.15) is 0 Å². The third kappa shape index (κ3) is 1.98. The van der Waals surface area contributed by atoms with Crippen LogP contribution in [0.2, 0.25) is 0 Å². The molecule has 0 spiro atoms. The Morgan fingerprint density at radius 1 is 1.64 bits per heavy atom. The minimum absolute atomic E-state index is 0.643. The summed E-state index contributed by atoms with van der Waals surface area (Å²) in [6.45, 7) is 2.05. The van der Waals surface area contributed by atoms with Gasteiger partial charge in [-0.3, -0.25) is 4.68 Å². The molecule has 0 saturated heterocycles. The summed E-state index contributed by atoms with van der Waals surface area (Å²) in [5.41, 5.74) is 2.46. The average Bonchev–Trinajstić information content (AvgIpc) is 2.91. The topological polar surface area (TPSA) is 29.9 Å². The maximum Gasteiger partial charge on any atom is 0.0596 e. The van der Waals surface area contributed by atoms with Crippen molar-refractivity contribution in [3.8, 4) is 0 Å². The van der Waals surface area contributed by atoms with Gasteiger partial charge in [-0.2, -0.15) is 5.10 Å². The van der Waals surface area contributed by atoms with E-state index >= 15 is 0 Å². The summed E-state index contributed by atoms with van der Waals surface area (Å²) >= 11 is 0. The van der Waals surface area contributed by atoms with E-state index in [1.165, 1.54) is 18.5 Å². The van der Waals surface area contributed by atoms with Crippen molar-refractivity contribution in [1.29, 1.82) is 0 Å². The Labute approximate surface area is 85.5 Å². The molecule has 1 N–H and O–H groups in total. The van der Waals surface area contributed by atoms with Crippen LogP contribution in [0.5, 0.6) is 0 Å². The molecule has 1 saturated carbocycles. The molecule has 3 nitrogen and oxygen atoms in total. The number of aryl methyl sites for hydroxylation is 2. The van der Waals surface area contributed by atoms with Gasteiger partial charge < -0.3 is 5.32 Å². The van der Waals surface area contributed by atoms with E-state index in [0.29, 0.717) is 6.04 Å². The van der Waals surface area contributed by atoms with Crippen molar-refractivity contribution in [2.24, 2.45) is 13.0 Å². The van der Waals surface area contributed by atoms with Crippen molar-refractivity contribution >= 4 is 0 Å². The zero-order valence-electron chi connectivity index (χ0n) is 9.25. The Hall–Kier alpha value is -0.830. The van der Waals surface area contributed by atoms with E-state index in [2.05, 4.69) is 30.5 Å². The lowest BCUT2D eigenvalue weighted by molar-refractivity contribution is 0.485. The predicted octanol–water partition coefficient (Wildman–Crippen LogP) is 1.27. The standard InChI is InChI=1S/C11H19N3/c1-8-6-10(14(3)13-8)7-11(12-2)9-4-5-9/h6,9,11-12H,4-5,7H2,1-3H3. The summed E-state index contributed by atoms with van der Waals surface area (Å²) in [5.74, 6) is 0.898. The van der Waals surface area contributed by atoms with Gasteiger partial charge in [0, 0.05) is 25.2 Å². The van der Waals surface area contributed by atoms with Crippen LogP contribution in [0.1, 0.15) is 24.2 Å². The second-order valence-electron chi connectivity index (χ2n) is 4.34. The van der Waals surface area contributed by atoms with Crippen LogP contribution in [0.4, 0.5) is 0 Å². The molecule has 1 aliphatic rings. The molecule has 0 aromatic carbocycles. The summed E-state index contributed by atoms with van der Waals surface area (Å²) in [7, 11) is 4.09. The predicted molar refractivity (Wildman–Crippen MR) is 57.2 cm³/mol. The third-order valence-corrected chi connectivity index (χ3v) is 3.09. The van der Waals surface area contributed by atoms with Gasteiger partial charge in [-0.1, -0.05) is 0 Å². The van der Waals surface area contributed by atoms with E-state index in [1.807, 2.05) is 11.7 Å². The van der Waals surface area contributed by atoms with Crippen LogP contribution >= 0.6 is 0 Å². The molecule has 0 radical (unpaired) electrons. The highest BCUT2D eigenvalue weighted by Gasteiger charge is 2.30. The van der Waals surface area contributed by atoms with Crippen LogP contribution in [0.25, 0.3) is 0 Å². The first-order valence-electron chi connectivity index (χ1n) is 5.37. The first kappa shape index (κ1) is 9.71. The van der Waals surface area contributed by atoms with Crippen molar-refractivity contribution in [2.75, 3.05) is 7.05 Å². The Balaban J connectivity index is 2.04. The number of likely N-dealkylation sites (N-methyl/N-ethyl adjacent to an activating group) is 1. The molecule has 1 aromatic heterocycles. The zero-order chi connectivity index (χ0) is 10.1. The SMILES string of the molecule is CNC(Cc1cc(C)nn1C)C1CC1. The third-order valence-electron chi connectivity index (χ3n) is 3.09. The fourth-order valence-corrected chi connectivity index (χ4v) is 2.08. The second-order valence-corrected chi connectivity index (χ2v) is 4.34. The fraction of sp³-hybridized carbons (Fsp3) is 0.727. The molecule has 2 rings (SSSR count). The molecular weight excluding hydrogens is 174 g/mol. The number of hydrogen-bond donors (Lipinski definition) is 1. The van der Waals surface area contributed by atoms with Crippen LogP contribution < -0.4 is 5.32 Å². The Bertz CT molecular complexity index is 312. The number of hydrogen-bond acceptors (Lipinski definition) is 2. The van der Waals surface area contributed by atoms with Crippen LogP contribution in [-0.2, 0) is 13.5 Å². The van der Waals surface area contributed by atoms with Crippen LogP contribution in [0, 0.1) is 12.8 Å². The quantitative estimate of drug-likeness (QED) is 0.780. The Morgan fingerprint density at radius 2 is 2.36 bits per heavy atom. The lowest BCUT2D eigenvalue weighted by Crippen LogP contribution is -2.30. The summed E-state index contributed by atoms with van der Waals surface area (Å²) in [4.78, 5) is 0. The molecule has 0 amide bonds. The summed E-state index contributed by atoms with van der Waals surface area (Å²) in [5, 5.41) is 7.77. The van der Waals surface area contributed by atoms with Gasteiger partial charge >= 0.3 is 0 Å². The molecule has 1 aliphatic carbocycles. The van der Waals surface area contributed by atoms with E-state index < -0.39 is 0 Å². The van der Waals surface area contributed by atoms with Crippen molar-refractivity contribution in [3.05, 3.63) is 17.5 Å². The minimum atomic E-state index is 0.643. The van der Waals surface area contributed by atoms with Crippen molar-refractivity contribution in [1.82, 2.24) is 15.1 Å². The molecule has 1 atom stereocenters. The smallest absolute Gasteiger partial charge is 0.0596 e. The highest BCUT2D eigenvalue weighted by Crippen LogP contribution is 2.33. The molecule has 0 aliphatic heterocycles. The average molecular weight is 193 g/mol. The zero-order valence-corrected chi connectivity index (χ0v) is 9.25. The lowest BCUT2D eigenvalue weighted by Gasteiger charge is -2.14. The lowest BCUT2D eigenvalue weighted by atomic mass is 10.1. The van der Waals surface area contributed by atoms with Crippen molar-refractivity contribution in [2.45, 2.75) is 32.2 Å². The van der Waals surface area contributed by atoms with Gasteiger partial charge in [0.05, 0.1) is 5.69 Å². The Kier molecular flexibility index (Phi) is 2.59. The molecule has 78 valence electrons. The second kappa shape index (κ2) is 3.73. The highest BCUT2D eigenvalue weighted by atomic mass is 15.3. The summed E-state index contributed by atoms with van der Waals surface area (Å²) < 4.78 is 2.00. The first-order valence-corrected chi connectivity index (χ1v) is 5.37. The van der Waals surface area contributed by atoms with Gasteiger partial charge in [-0.05, 0) is 38.8 Å². The normalized spacial score (nSPS) is 18.5. The van der Waals surface area contributed by atoms with Gasteiger partial charge in [-0.15, -0.1) is 0 Å². The molecule has 0 bridgehead atoms. The molecule has 14 heavy (non-hydrogen) atoms. The van der Waals surface area contributed by atoms with Gasteiger partial charge in [-0.25, -0.2) is 0 Å². The molecule has 1 heterocycles. The summed E-state index contributed by atoms with van der Waals surface area (Å²) in [6, 6.07) is 2.83. The van der Waals surface area contributed by atoms with E-state index in [-0.39, 0.29) is 0 Å². The molecule has 3 heteroatoms. The van der Waals surface area contributed by atoms with Gasteiger partial charge in [0.2, 0.25) is 0 Å². The molecular formula is C11H19N3. The first-order chi connectivity index (χ1) is 6.70. The maximum atomic E-state index is 4.37.